The van der Waals surface area contributed by atoms with Gasteiger partial charge in [-0.1, -0.05) is 27.2 Å². The van der Waals surface area contributed by atoms with Gasteiger partial charge in [-0.05, 0) is 36.0 Å². The van der Waals surface area contributed by atoms with Gasteiger partial charge < -0.3 is 14.2 Å². The van der Waals surface area contributed by atoms with Crippen molar-refractivity contribution < 1.29 is 19.0 Å². The maximum absolute atomic E-state index is 12.6. The topological polar surface area (TPSA) is 44.8 Å². The summed E-state index contributed by atoms with van der Waals surface area (Å²) >= 11 is 0. The van der Waals surface area contributed by atoms with Crippen LogP contribution in [0.15, 0.2) is 0 Å². The molecule has 1 saturated heterocycles. The lowest BCUT2D eigenvalue weighted by Crippen LogP contribution is -2.61. The second kappa shape index (κ2) is 4.95. The molecule has 1 spiro atoms. The van der Waals surface area contributed by atoms with Crippen LogP contribution in [0, 0.1) is 22.7 Å². The van der Waals surface area contributed by atoms with Gasteiger partial charge in [0.15, 0.2) is 5.79 Å². The number of carbonyl (C=O) groups excluding carboxylic acids is 1. The number of carbonyl (C=O) groups is 1. The Hall–Kier alpha value is -0.610. The third-order valence-corrected chi connectivity index (χ3v) is 6.37. The van der Waals surface area contributed by atoms with E-state index in [0.717, 1.165) is 25.7 Å². The SMILES string of the molecule is COC(=O)[C@@H]1C2(CC[C@@H]3C(C)(C)CCC[C@]31C)OCCO2. The summed E-state index contributed by atoms with van der Waals surface area (Å²) in [5, 5.41) is 0. The lowest BCUT2D eigenvalue weighted by molar-refractivity contribution is -0.270. The molecule has 3 fully saturated rings. The molecule has 2 aliphatic carbocycles. The Labute approximate surface area is 127 Å². The molecule has 4 heteroatoms. The molecule has 0 radical (unpaired) electrons. The van der Waals surface area contributed by atoms with Crippen LogP contribution < -0.4 is 0 Å². The summed E-state index contributed by atoms with van der Waals surface area (Å²) in [5.74, 6) is -0.704. The monoisotopic (exact) mass is 296 g/mol. The zero-order valence-electron chi connectivity index (χ0n) is 13.7. The normalized spacial score (nSPS) is 40.8. The zero-order chi connectivity index (χ0) is 15.3. The van der Waals surface area contributed by atoms with Gasteiger partial charge in [-0.15, -0.1) is 0 Å². The second-order valence-corrected chi connectivity index (χ2v) is 7.90. The van der Waals surface area contributed by atoms with E-state index < -0.39 is 5.79 Å². The van der Waals surface area contributed by atoms with Crippen LogP contribution in [0.5, 0.6) is 0 Å². The molecule has 1 aliphatic heterocycles. The summed E-state index contributed by atoms with van der Waals surface area (Å²) in [4.78, 5) is 12.6. The van der Waals surface area contributed by atoms with Crippen molar-refractivity contribution in [1.29, 1.82) is 0 Å². The molecule has 1 heterocycles. The fourth-order valence-corrected chi connectivity index (χ4v) is 5.57. The lowest BCUT2D eigenvalue weighted by atomic mass is 9.47. The standard InChI is InChI=1S/C17H28O4/c1-15(2)7-5-8-16(3)12(15)6-9-17(20-10-11-21-17)13(16)14(18)19-4/h12-13H,5-11H2,1-4H3/t12-,13+,16-/m1/s1. The van der Waals surface area contributed by atoms with Crippen LogP contribution in [0.2, 0.25) is 0 Å². The molecule has 0 aromatic rings. The first-order valence-electron chi connectivity index (χ1n) is 8.21. The van der Waals surface area contributed by atoms with Crippen LogP contribution in [-0.2, 0) is 19.0 Å². The van der Waals surface area contributed by atoms with E-state index in [4.69, 9.17) is 14.2 Å². The number of ether oxygens (including phenoxy) is 3. The summed E-state index contributed by atoms with van der Waals surface area (Å²) < 4.78 is 17.1. The van der Waals surface area contributed by atoms with Crippen molar-refractivity contribution in [3.63, 3.8) is 0 Å². The summed E-state index contributed by atoms with van der Waals surface area (Å²) in [5.41, 5.74) is 0.164. The molecule has 21 heavy (non-hydrogen) atoms. The Morgan fingerprint density at radius 1 is 1.10 bits per heavy atom. The minimum Gasteiger partial charge on any atom is -0.469 e. The van der Waals surface area contributed by atoms with E-state index >= 15 is 0 Å². The fraction of sp³-hybridized carbons (Fsp3) is 0.941. The third-order valence-electron chi connectivity index (χ3n) is 6.37. The molecule has 3 aliphatic rings. The molecule has 0 bridgehead atoms. The first kappa shape index (κ1) is 15.3. The quantitative estimate of drug-likeness (QED) is 0.697. The van der Waals surface area contributed by atoms with Crippen molar-refractivity contribution in [2.45, 2.75) is 58.7 Å². The Morgan fingerprint density at radius 2 is 1.76 bits per heavy atom. The molecule has 4 nitrogen and oxygen atoms in total. The van der Waals surface area contributed by atoms with Crippen LogP contribution >= 0.6 is 0 Å². The molecule has 0 N–H and O–H groups in total. The molecular formula is C17H28O4. The van der Waals surface area contributed by atoms with Gasteiger partial charge in [-0.2, -0.15) is 0 Å². The predicted molar refractivity (Wildman–Crippen MR) is 78.6 cm³/mol. The minimum absolute atomic E-state index is 0.0998. The van der Waals surface area contributed by atoms with Gasteiger partial charge in [-0.25, -0.2) is 0 Å². The highest BCUT2D eigenvalue weighted by Gasteiger charge is 2.65. The smallest absolute Gasteiger partial charge is 0.314 e. The van der Waals surface area contributed by atoms with Gasteiger partial charge in [0.05, 0.1) is 20.3 Å². The molecule has 2 saturated carbocycles. The predicted octanol–water partition coefficient (Wildman–Crippen LogP) is 3.15. The van der Waals surface area contributed by atoms with Gasteiger partial charge in [0, 0.05) is 6.42 Å². The fourth-order valence-electron chi connectivity index (χ4n) is 5.57. The Bertz CT molecular complexity index is 425. The van der Waals surface area contributed by atoms with Crippen molar-refractivity contribution in [2.75, 3.05) is 20.3 Å². The molecule has 0 unspecified atom stereocenters. The van der Waals surface area contributed by atoms with E-state index in [9.17, 15) is 4.79 Å². The van der Waals surface area contributed by atoms with E-state index in [0.29, 0.717) is 19.1 Å². The van der Waals surface area contributed by atoms with Gasteiger partial charge >= 0.3 is 5.97 Å². The van der Waals surface area contributed by atoms with Gasteiger partial charge in [0.25, 0.3) is 0 Å². The average Bonchev–Trinajstić information content (AvgIpc) is 2.85. The van der Waals surface area contributed by atoms with Crippen LogP contribution in [0.4, 0.5) is 0 Å². The highest BCUT2D eigenvalue weighted by Crippen LogP contribution is 2.63. The highest BCUT2D eigenvalue weighted by atomic mass is 16.7. The van der Waals surface area contributed by atoms with Crippen molar-refractivity contribution in [3.05, 3.63) is 0 Å². The number of rotatable bonds is 1. The van der Waals surface area contributed by atoms with E-state index in [1.165, 1.54) is 13.5 Å². The van der Waals surface area contributed by atoms with Crippen molar-refractivity contribution in [2.24, 2.45) is 22.7 Å². The number of hydrogen-bond acceptors (Lipinski definition) is 4. The van der Waals surface area contributed by atoms with Crippen LogP contribution in [0.25, 0.3) is 0 Å². The summed E-state index contributed by atoms with van der Waals surface area (Å²) in [6, 6.07) is 0. The van der Waals surface area contributed by atoms with Gasteiger partial charge in [0.1, 0.15) is 5.92 Å². The number of hydrogen-bond donors (Lipinski definition) is 0. The molecule has 0 aromatic heterocycles. The molecule has 0 amide bonds. The maximum atomic E-state index is 12.6. The summed E-state index contributed by atoms with van der Waals surface area (Å²) in [6.45, 7) is 8.11. The first-order chi connectivity index (χ1) is 9.86. The Balaban J connectivity index is 2.03. The molecule has 120 valence electrons. The van der Waals surface area contributed by atoms with E-state index in [2.05, 4.69) is 20.8 Å². The number of fused-ring (bicyclic) bond motifs is 1. The zero-order valence-corrected chi connectivity index (χ0v) is 13.7. The van der Waals surface area contributed by atoms with Gasteiger partial charge in [-0.3, -0.25) is 4.79 Å². The lowest BCUT2D eigenvalue weighted by Gasteiger charge is -2.60. The molecule has 3 rings (SSSR count). The number of esters is 1. The summed E-state index contributed by atoms with van der Waals surface area (Å²) in [7, 11) is 1.48. The van der Waals surface area contributed by atoms with Gasteiger partial charge in [0.2, 0.25) is 0 Å². The van der Waals surface area contributed by atoms with E-state index in [1.54, 1.807) is 0 Å². The minimum atomic E-state index is -0.744. The largest absolute Gasteiger partial charge is 0.469 e. The van der Waals surface area contributed by atoms with Crippen molar-refractivity contribution in [1.82, 2.24) is 0 Å². The second-order valence-electron chi connectivity index (χ2n) is 7.90. The van der Waals surface area contributed by atoms with Crippen LogP contribution in [-0.4, -0.2) is 32.1 Å². The van der Waals surface area contributed by atoms with Crippen molar-refractivity contribution >= 4 is 5.97 Å². The third kappa shape index (κ3) is 2.14. The maximum Gasteiger partial charge on any atom is 0.314 e. The Morgan fingerprint density at radius 3 is 2.38 bits per heavy atom. The molecule has 0 aromatic carbocycles. The van der Waals surface area contributed by atoms with E-state index in [-0.39, 0.29) is 22.7 Å². The Kier molecular flexibility index (Phi) is 3.61. The van der Waals surface area contributed by atoms with E-state index in [1.807, 2.05) is 0 Å². The van der Waals surface area contributed by atoms with Crippen LogP contribution in [0.1, 0.15) is 52.9 Å². The molecular weight excluding hydrogens is 268 g/mol. The summed E-state index contributed by atoms with van der Waals surface area (Å²) in [6.07, 6.45) is 5.31. The molecule has 3 atom stereocenters. The first-order valence-corrected chi connectivity index (χ1v) is 8.21. The number of methoxy groups -OCH3 is 1. The van der Waals surface area contributed by atoms with Crippen LogP contribution in [0.3, 0.4) is 0 Å². The van der Waals surface area contributed by atoms with Crippen molar-refractivity contribution in [3.8, 4) is 0 Å². The highest BCUT2D eigenvalue weighted by molar-refractivity contribution is 5.75. The average molecular weight is 296 g/mol.